The Morgan fingerprint density at radius 3 is 2.70 bits per heavy atom. The standard InChI is InChI=1S/C12H16N4O3S/c1-9-2-3-10-11(8-9)16(12(13)14-10)20(17,18)15-4-6-19-7-5-15/h2-3,8H,4-7H2,1H3,(H2,13,14). The van der Waals surface area contributed by atoms with Crippen molar-refractivity contribution in [3.8, 4) is 0 Å². The van der Waals surface area contributed by atoms with E-state index < -0.39 is 10.2 Å². The smallest absolute Gasteiger partial charge is 0.311 e. The average Bonchev–Trinajstić information content (AvgIpc) is 2.75. The number of ether oxygens (including phenoxy) is 1. The number of rotatable bonds is 2. The van der Waals surface area contributed by atoms with Crippen molar-refractivity contribution in [2.45, 2.75) is 6.92 Å². The van der Waals surface area contributed by atoms with Gasteiger partial charge in [-0.05, 0) is 24.6 Å². The van der Waals surface area contributed by atoms with Gasteiger partial charge in [0.25, 0.3) is 0 Å². The lowest BCUT2D eigenvalue weighted by Gasteiger charge is -2.26. The van der Waals surface area contributed by atoms with E-state index in [4.69, 9.17) is 10.5 Å². The molecule has 1 fully saturated rings. The van der Waals surface area contributed by atoms with Crippen LogP contribution >= 0.6 is 0 Å². The third-order valence-corrected chi connectivity index (χ3v) is 5.18. The minimum absolute atomic E-state index is 0.0166. The van der Waals surface area contributed by atoms with E-state index >= 15 is 0 Å². The lowest BCUT2D eigenvalue weighted by Crippen LogP contribution is -2.43. The number of fused-ring (bicyclic) bond motifs is 1. The third kappa shape index (κ3) is 2.05. The molecule has 1 aliphatic heterocycles. The molecule has 1 aromatic heterocycles. The highest BCUT2D eigenvalue weighted by molar-refractivity contribution is 7.87. The van der Waals surface area contributed by atoms with Crippen molar-refractivity contribution in [2.24, 2.45) is 0 Å². The largest absolute Gasteiger partial charge is 0.379 e. The molecule has 0 bridgehead atoms. The first-order valence-electron chi connectivity index (χ1n) is 6.33. The molecule has 0 spiro atoms. The number of aryl methyl sites for hydroxylation is 1. The molecule has 8 heteroatoms. The van der Waals surface area contributed by atoms with Gasteiger partial charge in [-0.2, -0.15) is 16.7 Å². The number of nitrogens with zero attached hydrogens (tertiary/aromatic N) is 3. The van der Waals surface area contributed by atoms with Crippen molar-refractivity contribution < 1.29 is 13.2 Å². The summed E-state index contributed by atoms with van der Waals surface area (Å²) in [5.41, 5.74) is 7.85. The van der Waals surface area contributed by atoms with Crippen LogP contribution in [0.1, 0.15) is 5.56 Å². The lowest BCUT2D eigenvalue weighted by molar-refractivity contribution is 0.0726. The van der Waals surface area contributed by atoms with Crippen LogP contribution in [0.15, 0.2) is 18.2 Å². The van der Waals surface area contributed by atoms with Crippen LogP contribution in [0.2, 0.25) is 0 Å². The number of anilines is 1. The molecule has 2 N–H and O–H groups in total. The molecule has 0 saturated carbocycles. The monoisotopic (exact) mass is 296 g/mol. The van der Waals surface area contributed by atoms with Crippen molar-refractivity contribution in [2.75, 3.05) is 32.0 Å². The molecule has 20 heavy (non-hydrogen) atoms. The zero-order valence-electron chi connectivity index (χ0n) is 11.1. The first-order chi connectivity index (χ1) is 9.50. The fourth-order valence-corrected chi connectivity index (χ4v) is 3.83. The molecule has 3 rings (SSSR count). The van der Waals surface area contributed by atoms with Crippen LogP contribution in [-0.2, 0) is 14.9 Å². The van der Waals surface area contributed by atoms with Gasteiger partial charge >= 0.3 is 10.2 Å². The predicted molar refractivity (Wildman–Crippen MR) is 75.6 cm³/mol. The molecule has 1 aliphatic rings. The maximum absolute atomic E-state index is 12.7. The topological polar surface area (TPSA) is 90.4 Å². The number of benzene rings is 1. The van der Waals surface area contributed by atoms with Gasteiger partial charge in [0.15, 0.2) is 0 Å². The number of aromatic nitrogens is 2. The highest BCUT2D eigenvalue weighted by Gasteiger charge is 2.29. The van der Waals surface area contributed by atoms with Crippen molar-refractivity contribution in [3.05, 3.63) is 23.8 Å². The van der Waals surface area contributed by atoms with Crippen LogP contribution in [-0.4, -0.2) is 48.0 Å². The van der Waals surface area contributed by atoms with Gasteiger partial charge in [0.1, 0.15) is 0 Å². The average molecular weight is 296 g/mol. The summed E-state index contributed by atoms with van der Waals surface area (Å²) in [7, 11) is -3.71. The van der Waals surface area contributed by atoms with Gasteiger partial charge in [-0.1, -0.05) is 6.07 Å². The summed E-state index contributed by atoms with van der Waals surface area (Å²) < 4.78 is 33.1. The number of nitrogens with two attached hydrogens (primary N) is 1. The number of nitrogen functional groups attached to an aromatic ring is 1. The predicted octanol–water partition coefficient (Wildman–Crippen LogP) is 0.352. The molecule has 1 saturated heterocycles. The highest BCUT2D eigenvalue weighted by Crippen LogP contribution is 2.23. The van der Waals surface area contributed by atoms with Crippen molar-refractivity contribution in [1.82, 2.24) is 13.3 Å². The second kappa shape index (κ2) is 4.72. The molecule has 0 aliphatic carbocycles. The fourth-order valence-electron chi connectivity index (χ4n) is 2.32. The van der Waals surface area contributed by atoms with E-state index in [0.29, 0.717) is 37.3 Å². The molecular weight excluding hydrogens is 280 g/mol. The molecule has 0 amide bonds. The van der Waals surface area contributed by atoms with Gasteiger partial charge in [-0.25, -0.2) is 4.98 Å². The van der Waals surface area contributed by atoms with Crippen LogP contribution in [0.25, 0.3) is 11.0 Å². The summed E-state index contributed by atoms with van der Waals surface area (Å²) in [6, 6.07) is 5.42. The van der Waals surface area contributed by atoms with Crippen LogP contribution in [0.3, 0.4) is 0 Å². The maximum Gasteiger partial charge on any atom is 0.311 e. The number of imidazole rings is 1. The SMILES string of the molecule is Cc1ccc2nc(N)n(S(=O)(=O)N3CCOCC3)c2c1. The molecule has 0 radical (unpaired) electrons. The van der Waals surface area contributed by atoms with Gasteiger partial charge in [0, 0.05) is 13.1 Å². The molecule has 7 nitrogen and oxygen atoms in total. The Labute approximate surface area is 117 Å². The summed E-state index contributed by atoms with van der Waals surface area (Å²) in [4.78, 5) is 4.12. The van der Waals surface area contributed by atoms with E-state index in [2.05, 4.69) is 4.98 Å². The normalized spacial score (nSPS) is 17.6. The summed E-state index contributed by atoms with van der Waals surface area (Å²) >= 11 is 0. The van der Waals surface area contributed by atoms with E-state index in [0.717, 1.165) is 9.54 Å². The number of hydrogen-bond acceptors (Lipinski definition) is 5. The van der Waals surface area contributed by atoms with Gasteiger partial charge in [-0.15, -0.1) is 0 Å². The first kappa shape index (κ1) is 13.3. The Morgan fingerprint density at radius 2 is 2.00 bits per heavy atom. The summed E-state index contributed by atoms with van der Waals surface area (Å²) in [6.45, 7) is 3.34. The molecule has 2 aromatic rings. The zero-order valence-corrected chi connectivity index (χ0v) is 11.9. The summed E-state index contributed by atoms with van der Waals surface area (Å²) in [5, 5.41) is 0. The summed E-state index contributed by atoms with van der Waals surface area (Å²) in [6.07, 6.45) is 0. The Kier molecular flexibility index (Phi) is 3.15. The minimum Gasteiger partial charge on any atom is -0.379 e. The minimum atomic E-state index is -3.71. The second-order valence-electron chi connectivity index (χ2n) is 4.75. The Hall–Kier alpha value is -1.64. The molecule has 0 unspecified atom stereocenters. The molecule has 1 aromatic carbocycles. The maximum atomic E-state index is 12.7. The van der Waals surface area contributed by atoms with E-state index in [1.165, 1.54) is 4.31 Å². The van der Waals surface area contributed by atoms with Gasteiger partial charge < -0.3 is 10.5 Å². The van der Waals surface area contributed by atoms with Crippen molar-refractivity contribution >= 4 is 27.2 Å². The van der Waals surface area contributed by atoms with Crippen LogP contribution < -0.4 is 5.73 Å². The van der Waals surface area contributed by atoms with Gasteiger partial charge in [-0.3, -0.25) is 0 Å². The fraction of sp³-hybridized carbons (Fsp3) is 0.417. The Morgan fingerprint density at radius 1 is 1.30 bits per heavy atom. The van der Waals surface area contributed by atoms with Crippen LogP contribution in [0.4, 0.5) is 5.95 Å². The van der Waals surface area contributed by atoms with E-state index in [9.17, 15) is 8.42 Å². The van der Waals surface area contributed by atoms with Gasteiger partial charge in [0.05, 0.1) is 24.2 Å². The van der Waals surface area contributed by atoms with Crippen molar-refractivity contribution in [3.63, 3.8) is 0 Å². The van der Waals surface area contributed by atoms with Crippen LogP contribution in [0, 0.1) is 6.92 Å². The number of hydrogen-bond donors (Lipinski definition) is 1. The van der Waals surface area contributed by atoms with E-state index in [-0.39, 0.29) is 5.95 Å². The number of morpholine rings is 1. The van der Waals surface area contributed by atoms with Crippen molar-refractivity contribution in [1.29, 1.82) is 0 Å². The first-order valence-corrected chi connectivity index (χ1v) is 7.73. The molecule has 0 atom stereocenters. The zero-order chi connectivity index (χ0) is 14.3. The lowest BCUT2D eigenvalue weighted by atomic mass is 10.2. The third-order valence-electron chi connectivity index (χ3n) is 3.32. The molecule has 108 valence electrons. The van der Waals surface area contributed by atoms with Gasteiger partial charge in [0.2, 0.25) is 5.95 Å². The Balaban J connectivity index is 2.17. The molecule has 2 heterocycles. The summed E-state index contributed by atoms with van der Waals surface area (Å²) in [5.74, 6) is -0.0166. The highest BCUT2D eigenvalue weighted by atomic mass is 32.2. The van der Waals surface area contributed by atoms with E-state index in [1.807, 2.05) is 13.0 Å². The van der Waals surface area contributed by atoms with Crippen LogP contribution in [0.5, 0.6) is 0 Å². The molecular formula is C12H16N4O3S. The van der Waals surface area contributed by atoms with E-state index in [1.54, 1.807) is 12.1 Å². The quantitative estimate of drug-likeness (QED) is 0.863. The second-order valence-corrected chi connectivity index (χ2v) is 6.52. The Bertz CT molecular complexity index is 747.